The van der Waals surface area contributed by atoms with E-state index in [0.29, 0.717) is 29.5 Å². The molecule has 0 aliphatic heterocycles. The molecule has 0 saturated heterocycles. The highest BCUT2D eigenvalue weighted by Crippen LogP contribution is 2.34. The number of hydrogen-bond acceptors (Lipinski definition) is 5. The van der Waals surface area contributed by atoms with Gasteiger partial charge in [-0.25, -0.2) is 4.79 Å². The van der Waals surface area contributed by atoms with Crippen molar-refractivity contribution in [3.63, 3.8) is 0 Å². The van der Waals surface area contributed by atoms with Crippen LogP contribution in [-0.4, -0.2) is 32.7 Å². The molecular formula is C25H27N3O5. The third-order valence-corrected chi connectivity index (χ3v) is 4.67. The van der Waals surface area contributed by atoms with E-state index in [0.717, 1.165) is 11.3 Å². The lowest BCUT2D eigenvalue weighted by atomic mass is 10.2. The van der Waals surface area contributed by atoms with Crippen molar-refractivity contribution in [3.8, 4) is 23.0 Å². The van der Waals surface area contributed by atoms with Crippen molar-refractivity contribution in [3.05, 3.63) is 78.4 Å². The molecule has 0 aliphatic carbocycles. The highest BCUT2D eigenvalue weighted by atomic mass is 16.5. The van der Waals surface area contributed by atoms with Gasteiger partial charge < -0.3 is 30.2 Å². The smallest absolute Gasteiger partial charge is 0.315 e. The molecule has 33 heavy (non-hydrogen) atoms. The second-order valence-electron chi connectivity index (χ2n) is 7.04. The molecule has 0 fully saturated rings. The largest absolute Gasteiger partial charge is 0.497 e. The Kier molecular flexibility index (Phi) is 8.53. The summed E-state index contributed by atoms with van der Waals surface area (Å²) in [4.78, 5) is 24.2. The quantitative estimate of drug-likeness (QED) is 0.428. The van der Waals surface area contributed by atoms with Crippen LogP contribution in [0.2, 0.25) is 0 Å². The van der Waals surface area contributed by atoms with Gasteiger partial charge in [-0.05, 0) is 42.0 Å². The molecule has 0 spiro atoms. The maximum Gasteiger partial charge on any atom is 0.315 e. The summed E-state index contributed by atoms with van der Waals surface area (Å²) < 4.78 is 16.4. The normalized spacial score (nSPS) is 10.1. The number of benzene rings is 3. The fourth-order valence-corrected chi connectivity index (χ4v) is 2.96. The van der Waals surface area contributed by atoms with Crippen molar-refractivity contribution in [1.82, 2.24) is 10.6 Å². The van der Waals surface area contributed by atoms with Crippen LogP contribution in [-0.2, 0) is 11.3 Å². The van der Waals surface area contributed by atoms with Gasteiger partial charge >= 0.3 is 6.03 Å². The van der Waals surface area contributed by atoms with E-state index in [2.05, 4.69) is 16.0 Å². The van der Waals surface area contributed by atoms with Crippen molar-refractivity contribution in [1.29, 1.82) is 0 Å². The van der Waals surface area contributed by atoms with Crippen LogP contribution < -0.4 is 30.2 Å². The first kappa shape index (κ1) is 23.5. The van der Waals surface area contributed by atoms with E-state index < -0.39 is 0 Å². The zero-order chi connectivity index (χ0) is 23.5. The van der Waals surface area contributed by atoms with Gasteiger partial charge in [0, 0.05) is 31.3 Å². The Morgan fingerprint density at radius 3 is 2.21 bits per heavy atom. The summed E-state index contributed by atoms with van der Waals surface area (Å²) >= 11 is 0. The lowest BCUT2D eigenvalue weighted by Gasteiger charge is -2.13. The lowest BCUT2D eigenvalue weighted by Crippen LogP contribution is -2.36. The number of rotatable bonds is 10. The first-order valence-electron chi connectivity index (χ1n) is 10.4. The van der Waals surface area contributed by atoms with E-state index in [4.69, 9.17) is 14.2 Å². The van der Waals surface area contributed by atoms with Gasteiger partial charge in [0.1, 0.15) is 11.5 Å². The lowest BCUT2D eigenvalue weighted by molar-refractivity contribution is -0.116. The van der Waals surface area contributed by atoms with Crippen LogP contribution in [0.3, 0.4) is 0 Å². The zero-order valence-corrected chi connectivity index (χ0v) is 18.6. The molecule has 8 heteroatoms. The Morgan fingerprint density at radius 2 is 1.52 bits per heavy atom. The molecule has 3 aromatic carbocycles. The highest BCUT2D eigenvalue weighted by Gasteiger charge is 2.10. The van der Waals surface area contributed by atoms with Crippen molar-refractivity contribution in [2.75, 3.05) is 26.1 Å². The van der Waals surface area contributed by atoms with Gasteiger partial charge in [-0.3, -0.25) is 4.79 Å². The molecule has 0 aromatic heterocycles. The van der Waals surface area contributed by atoms with Gasteiger partial charge in [-0.15, -0.1) is 0 Å². The van der Waals surface area contributed by atoms with Gasteiger partial charge in [-0.2, -0.15) is 0 Å². The Bertz CT molecular complexity index is 1060. The van der Waals surface area contributed by atoms with Gasteiger partial charge in [0.25, 0.3) is 0 Å². The molecule has 0 heterocycles. The van der Waals surface area contributed by atoms with Crippen LogP contribution in [0.4, 0.5) is 10.5 Å². The van der Waals surface area contributed by atoms with Gasteiger partial charge in [0.2, 0.25) is 5.91 Å². The minimum atomic E-state index is -0.328. The summed E-state index contributed by atoms with van der Waals surface area (Å²) in [6.45, 7) is 0.625. The number of nitrogens with one attached hydrogen (secondary N) is 3. The average molecular weight is 450 g/mol. The number of hydrogen-bond donors (Lipinski definition) is 3. The zero-order valence-electron chi connectivity index (χ0n) is 18.6. The predicted octanol–water partition coefficient (Wildman–Crippen LogP) is 4.32. The van der Waals surface area contributed by atoms with Crippen molar-refractivity contribution < 1.29 is 23.8 Å². The second kappa shape index (κ2) is 12.0. The van der Waals surface area contributed by atoms with Gasteiger partial charge in [-0.1, -0.05) is 30.3 Å². The van der Waals surface area contributed by atoms with Gasteiger partial charge in [0.15, 0.2) is 11.5 Å². The summed E-state index contributed by atoms with van der Waals surface area (Å²) in [5.41, 5.74) is 1.55. The van der Waals surface area contributed by atoms with Crippen molar-refractivity contribution in [2.24, 2.45) is 0 Å². The number of methoxy groups -OCH3 is 2. The van der Waals surface area contributed by atoms with E-state index >= 15 is 0 Å². The standard InChI is InChI=1S/C25H27N3O5/c1-31-20-9-11-21(12-10-20)33-23-16-19(8-13-22(23)32-2)28-24(29)14-15-26-25(30)27-17-18-6-4-3-5-7-18/h3-13,16H,14-15,17H2,1-2H3,(H,28,29)(H2,26,27,30). The van der Waals surface area contributed by atoms with E-state index in [1.807, 2.05) is 30.3 Å². The number of urea groups is 1. The van der Waals surface area contributed by atoms with E-state index in [9.17, 15) is 9.59 Å². The van der Waals surface area contributed by atoms with Crippen molar-refractivity contribution in [2.45, 2.75) is 13.0 Å². The minimum Gasteiger partial charge on any atom is -0.497 e. The van der Waals surface area contributed by atoms with Crippen LogP contribution in [0.25, 0.3) is 0 Å². The number of amides is 3. The Morgan fingerprint density at radius 1 is 0.788 bits per heavy atom. The molecule has 0 atom stereocenters. The minimum absolute atomic E-state index is 0.124. The molecule has 8 nitrogen and oxygen atoms in total. The third-order valence-electron chi connectivity index (χ3n) is 4.67. The van der Waals surface area contributed by atoms with E-state index in [1.54, 1.807) is 56.7 Å². The van der Waals surface area contributed by atoms with Crippen LogP contribution >= 0.6 is 0 Å². The molecule has 0 unspecified atom stereocenters. The number of carbonyl (C=O) groups is 2. The fourth-order valence-electron chi connectivity index (χ4n) is 2.96. The summed E-state index contributed by atoms with van der Waals surface area (Å²) in [6, 6.07) is 21.5. The predicted molar refractivity (Wildman–Crippen MR) is 126 cm³/mol. The molecular weight excluding hydrogens is 422 g/mol. The Labute approximate surface area is 192 Å². The Hall–Kier alpha value is -4.20. The molecule has 172 valence electrons. The molecule has 3 amide bonds. The summed E-state index contributed by atoms with van der Waals surface area (Å²) in [5, 5.41) is 8.23. The maximum absolute atomic E-state index is 12.3. The molecule has 3 aromatic rings. The van der Waals surface area contributed by atoms with E-state index in [-0.39, 0.29) is 24.9 Å². The van der Waals surface area contributed by atoms with Crippen LogP contribution in [0.5, 0.6) is 23.0 Å². The van der Waals surface area contributed by atoms with Crippen molar-refractivity contribution >= 4 is 17.6 Å². The molecule has 3 rings (SSSR count). The number of carbonyl (C=O) groups excluding carboxylic acids is 2. The first-order chi connectivity index (χ1) is 16.1. The Balaban J connectivity index is 1.48. The SMILES string of the molecule is COc1ccc(Oc2cc(NC(=O)CCNC(=O)NCc3ccccc3)ccc2OC)cc1. The van der Waals surface area contributed by atoms with Crippen LogP contribution in [0.1, 0.15) is 12.0 Å². The first-order valence-corrected chi connectivity index (χ1v) is 10.4. The number of anilines is 1. The average Bonchev–Trinajstić information content (AvgIpc) is 2.84. The maximum atomic E-state index is 12.3. The fraction of sp³-hybridized carbons (Fsp3) is 0.200. The molecule has 3 N–H and O–H groups in total. The third kappa shape index (κ3) is 7.46. The molecule has 0 radical (unpaired) electrons. The number of ether oxygens (including phenoxy) is 3. The second-order valence-corrected chi connectivity index (χ2v) is 7.04. The topological polar surface area (TPSA) is 97.9 Å². The molecule has 0 bridgehead atoms. The highest BCUT2D eigenvalue weighted by molar-refractivity contribution is 5.91. The van der Waals surface area contributed by atoms with Crippen LogP contribution in [0, 0.1) is 0 Å². The summed E-state index contributed by atoms with van der Waals surface area (Å²) in [5.74, 6) is 2.07. The molecule has 0 aliphatic rings. The monoisotopic (exact) mass is 449 g/mol. The van der Waals surface area contributed by atoms with E-state index in [1.165, 1.54) is 0 Å². The molecule has 0 saturated carbocycles. The summed E-state index contributed by atoms with van der Waals surface area (Å²) in [7, 11) is 3.14. The van der Waals surface area contributed by atoms with Gasteiger partial charge in [0.05, 0.1) is 14.2 Å². The summed E-state index contributed by atoms with van der Waals surface area (Å²) in [6.07, 6.45) is 0.124. The van der Waals surface area contributed by atoms with Crippen LogP contribution in [0.15, 0.2) is 72.8 Å².